The fraction of sp³-hybridized carbons (Fsp3) is 0.250. The van der Waals surface area contributed by atoms with Crippen molar-refractivity contribution < 1.29 is 28.5 Å². The van der Waals surface area contributed by atoms with E-state index in [1.165, 1.54) is 13.2 Å². The fourth-order valence-electron chi connectivity index (χ4n) is 2.72. The highest BCUT2D eigenvalue weighted by Crippen LogP contribution is 2.30. The molecule has 0 unspecified atom stereocenters. The van der Waals surface area contributed by atoms with Gasteiger partial charge in [-0.1, -0.05) is 18.2 Å². The normalized spacial score (nSPS) is 11.3. The molecule has 0 bridgehead atoms. The summed E-state index contributed by atoms with van der Waals surface area (Å²) in [5.74, 6) is 0.317. The number of ether oxygens (including phenoxy) is 4. The van der Waals surface area contributed by atoms with Crippen LogP contribution in [0.15, 0.2) is 48.5 Å². The molecule has 2 rings (SSSR count). The minimum Gasteiger partial charge on any atom is -0.497 e. The summed E-state index contributed by atoms with van der Waals surface area (Å²) in [6.07, 6.45) is 4.69. The molecule has 30 heavy (non-hydrogen) atoms. The van der Waals surface area contributed by atoms with Gasteiger partial charge in [0.25, 0.3) is 0 Å². The van der Waals surface area contributed by atoms with Gasteiger partial charge >= 0.3 is 11.9 Å². The molecule has 0 saturated heterocycles. The second-order valence-electron chi connectivity index (χ2n) is 6.10. The average Bonchev–Trinajstić information content (AvgIpc) is 2.76. The molecule has 0 aliphatic heterocycles. The molecule has 0 aliphatic carbocycles. The summed E-state index contributed by atoms with van der Waals surface area (Å²) in [7, 11) is 3.12. The highest BCUT2D eigenvalue weighted by Gasteiger charge is 2.18. The van der Waals surface area contributed by atoms with Crippen molar-refractivity contribution in [2.45, 2.75) is 13.8 Å². The van der Waals surface area contributed by atoms with E-state index in [2.05, 4.69) is 0 Å². The van der Waals surface area contributed by atoms with Crippen molar-refractivity contribution in [2.75, 3.05) is 27.4 Å². The average molecular weight is 410 g/mol. The van der Waals surface area contributed by atoms with Crippen molar-refractivity contribution >= 4 is 29.7 Å². The van der Waals surface area contributed by atoms with E-state index in [0.29, 0.717) is 34.8 Å². The first kappa shape index (κ1) is 22.7. The number of carbonyl (C=O) groups is 2. The van der Waals surface area contributed by atoms with Gasteiger partial charge in [-0.25, -0.2) is 9.59 Å². The molecular formula is C24H26O6. The second kappa shape index (κ2) is 11.5. The Kier molecular flexibility index (Phi) is 8.69. The van der Waals surface area contributed by atoms with Crippen molar-refractivity contribution in [3.05, 3.63) is 65.2 Å². The van der Waals surface area contributed by atoms with Crippen LogP contribution in [0.25, 0.3) is 17.7 Å². The Morgan fingerprint density at radius 3 is 2.13 bits per heavy atom. The molecule has 0 heterocycles. The van der Waals surface area contributed by atoms with Crippen molar-refractivity contribution in [1.29, 1.82) is 0 Å². The number of rotatable bonds is 9. The van der Waals surface area contributed by atoms with Crippen LogP contribution in [0.4, 0.5) is 0 Å². The first-order chi connectivity index (χ1) is 14.5. The zero-order chi connectivity index (χ0) is 21.9. The van der Waals surface area contributed by atoms with Crippen LogP contribution in [0.2, 0.25) is 0 Å². The van der Waals surface area contributed by atoms with Crippen LogP contribution in [0.1, 0.15) is 30.5 Å². The topological polar surface area (TPSA) is 71.1 Å². The molecule has 0 amide bonds. The highest BCUT2D eigenvalue weighted by molar-refractivity contribution is 6.22. The molecule has 6 nitrogen and oxygen atoms in total. The largest absolute Gasteiger partial charge is 0.497 e. The summed E-state index contributed by atoms with van der Waals surface area (Å²) in [6, 6.07) is 12.6. The third-order valence-corrected chi connectivity index (χ3v) is 4.13. The van der Waals surface area contributed by atoms with E-state index in [0.717, 1.165) is 5.56 Å². The van der Waals surface area contributed by atoms with Gasteiger partial charge in [-0.3, -0.25) is 0 Å². The maximum Gasteiger partial charge on any atom is 0.338 e. The maximum atomic E-state index is 12.7. The lowest BCUT2D eigenvalue weighted by atomic mass is 9.99. The zero-order valence-electron chi connectivity index (χ0n) is 17.6. The van der Waals surface area contributed by atoms with E-state index in [1.807, 2.05) is 24.3 Å². The Bertz CT molecular complexity index is 925. The van der Waals surface area contributed by atoms with Gasteiger partial charge in [0, 0.05) is 11.6 Å². The summed E-state index contributed by atoms with van der Waals surface area (Å²) in [6.45, 7) is 4.03. The molecule has 0 fully saturated rings. The quantitative estimate of drug-likeness (QED) is 0.347. The van der Waals surface area contributed by atoms with Crippen molar-refractivity contribution in [1.82, 2.24) is 0 Å². The smallest absolute Gasteiger partial charge is 0.338 e. The molecule has 0 saturated carbocycles. The lowest BCUT2D eigenvalue weighted by Gasteiger charge is -2.13. The van der Waals surface area contributed by atoms with Crippen LogP contribution >= 0.6 is 0 Å². The van der Waals surface area contributed by atoms with Crippen LogP contribution in [-0.2, 0) is 19.1 Å². The summed E-state index contributed by atoms with van der Waals surface area (Å²) in [5.41, 5.74) is 2.40. The summed E-state index contributed by atoms with van der Waals surface area (Å²) in [5, 5.41) is 0. The molecule has 0 N–H and O–H groups in total. The summed E-state index contributed by atoms with van der Waals surface area (Å²) in [4.78, 5) is 24.4. The van der Waals surface area contributed by atoms with Crippen LogP contribution in [0, 0.1) is 0 Å². The van der Waals surface area contributed by atoms with Gasteiger partial charge in [0.1, 0.15) is 11.5 Å². The molecule has 0 aliphatic rings. The van der Waals surface area contributed by atoms with E-state index in [-0.39, 0.29) is 6.61 Å². The molecular weight excluding hydrogens is 384 g/mol. The minimum atomic E-state index is -0.474. The van der Waals surface area contributed by atoms with Crippen molar-refractivity contribution in [3.63, 3.8) is 0 Å². The third-order valence-electron chi connectivity index (χ3n) is 4.13. The molecule has 2 aromatic carbocycles. The lowest BCUT2D eigenvalue weighted by molar-refractivity contribution is -0.137. The van der Waals surface area contributed by atoms with Crippen molar-refractivity contribution in [2.24, 2.45) is 0 Å². The molecule has 0 aromatic heterocycles. The highest BCUT2D eigenvalue weighted by atomic mass is 16.5. The number of hydrogen-bond acceptors (Lipinski definition) is 6. The second-order valence-corrected chi connectivity index (χ2v) is 6.10. The Hall–Kier alpha value is -3.54. The number of esters is 2. The Labute approximate surface area is 176 Å². The molecule has 0 spiro atoms. The number of methoxy groups -OCH3 is 2. The fourth-order valence-corrected chi connectivity index (χ4v) is 2.72. The monoisotopic (exact) mass is 410 g/mol. The van der Waals surface area contributed by atoms with Gasteiger partial charge in [0.05, 0.1) is 33.0 Å². The first-order valence-corrected chi connectivity index (χ1v) is 9.58. The number of benzene rings is 2. The van der Waals surface area contributed by atoms with Crippen LogP contribution in [-0.4, -0.2) is 39.4 Å². The molecule has 158 valence electrons. The minimum absolute atomic E-state index is 0.240. The number of hydrogen-bond donors (Lipinski definition) is 0. The van der Waals surface area contributed by atoms with Crippen LogP contribution in [0.5, 0.6) is 11.5 Å². The van der Waals surface area contributed by atoms with E-state index in [4.69, 9.17) is 18.9 Å². The Morgan fingerprint density at radius 1 is 0.867 bits per heavy atom. The first-order valence-electron chi connectivity index (χ1n) is 9.58. The molecule has 2 aromatic rings. The van der Waals surface area contributed by atoms with Gasteiger partial charge in [-0.2, -0.15) is 0 Å². The van der Waals surface area contributed by atoms with Crippen LogP contribution in [0.3, 0.4) is 0 Å². The zero-order valence-corrected chi connectivity index (χ0v) is 17.6. The lowest BCUT2D eigenvalue weighted by Crippen LogP contribution is -2.08. The van der Waals surface area contributed by atoms with Crippen molar-refractivity contribution in [3.8, 4) is 11.5 Å². The predicted octanol–water partition coefficient (Wildman–Crippen LogP) is 4.38. The van der Waals surface area contributed by atoms with E-state index < -0.39 is 11.9 Å². The van der Waals surface area contributed by atoms with Gasteiger partial charge in [-0.15, -0.1) is 0 Å². The van der Waals surface area contributed by atoms with E-state index in [1.54, 1.807) is 51.3 Å². The number of carbonyl (C=O) groups excluding carboxylic acids is 2. The van der Waals surface area contributed by atoms with E-state index in [9.17, 15) is 9.59 Å². The van der Waals surface area contributed by atoms with Crippen LogP contribution < -0.4 is 9.47 Å². The van der Waals surface area contributed by atoms with Gasteiger partial charge in [-0.05, 0) is 61.4 Å². The Morgan fingerprint density at radius 2 is 1.53 bits per heavy atom. The SMILES string of the molecule is CCOC(=O)/C=C/c1ccc(OC)c(/C(=C/c2ccc(OC)cc2)C(=O)OCC)c1. The molecule has 0 radical (unpaired) electrons. The standard InChI is InChI=1S/C24H26O6/c1-5-29-23(25)14-10-18-9-13-22(28-4)20(15-18)21(24(26)30-6-2)16-17-7-11-19(27-3)12-8-17/h7-16H,5-6H2,1-4H3/b14-10+,21-16-. The summed E-state index contributed by atoms with van der Waals surface area (Å²) >= 11 is 0. The van der Waals surface area contributed by atoms with Gasteiger partial charge in [0.2, 0.25) is 0 Å². The molecule has 0 atom stereocenters. The third kappa shape index (κ3) is 6.24. The summed E-state index contributed by atoms with van der Waals surface area (Å²) < 4.78 is 20.8. The predicted molar refractivity (Wildman–Crippen MR) is 116 cm³/mol. The molecule has 6 heteroatoms. The maximum absolute atomic E-state index is 12.7. The van der Waals surface area contributed by atoms with Gasteiger partial charge < -0.3 is 18.9 Å². The van der Waals surface area contributed by atoms with E-state index >= 15 is 0 Å². The van der Waals surface area contributed by atoms with Gasteiger partial charge in [0.15, 0.2) is 0 Å². The Balaban J connectivity index is 2.52.